The number of nitrogens with zero attached hydrogens (tertiary/aromatic N) is 2. The Morgan fingerprint density at radius 2 is 2.19 bits per heavy atom. The van der Waals surface area contributed by atoms with Crippen molar-refractivity contribution in [1.82, 2.24) is 4.81 Å². The van der Waals surface area contributed by atoms with Crippen molar-refractivity contribution in [1.29, 1.82) is 5.26 Å². The van der Waals surface area contributed by atoms with Gasteiger partial charge in [0.05, 0.1) is 0 Å². The van der Waals surface area contributed by atoms with Crippen LogP contribution < -0.4 is 9.55 Å². The molecule has 1 aromatic carbocycles. The molecule has 0 radical (unpaired) electrons. The fraction of sp³-hybridized carbons (Fsp3) is 0.222. The number of hydrogen-bond donors (Lipinski definition) is 1. The molecule has 16 heavy (non-hydrogen) atoms. The number of halogens is 2. The maximum atomic E-state index is 12.0. The standard InChI is InChI=1S/C9H8F2N2O3/c1-13(14,15)7-3-2-4-8(6(7)5-12)16-9(10)11/h2-4,9,14H,1H3. The number of ether oxygens (including phenoxy) is 1. The minimum absolute atomic E-state index is 0.361. The molecule has 5 nitrogen and oxygen atoms in total. The molecule has 0 aliphatic rings. The van der Waals surface area contributed by atoms with E-state index < -0.39 is 22.7 Å². The van der Waals surface area contributed by atoms with Gasteiger partial charge in [0.2, 0.25) is 0 Å². The van der Waals surface area contributed by atoms with Crippen molar-refractivity contribution in [3.63, 3.8) is 0 Å². The molecule has 7 heteroatoms. The summed E-state index contributed by atoms with van der Waals surface area (Å²) >= 11 is 0. The lowest BCUT2D eigenvalue weighted by atomic mass is 10.1. The Balaban J connectivity index is 3.28. The first kappa shape index (κ1) is 12.3. The van der Waals surface area contributed by atoms with E-state index in [0.717, 1.165) is 19.2 Å². The van der Waals surface area contributed by atoms with Gasteiger partial charge < -0.3 is 9.94 Å². The maximum Gasteiger partial charge on any atom is 0.387 e. The van der Waals surface area contributed by atoms with E-state index in [4.69, 9.17) is 10.5 Å². The molecule has 0 spiro atoms. The van der Waals surface area contributed by atoms with Crippen LogP contribution in [0.1, 0.15) is 5.56 Å². The van der Waals surface area contributed by atoms with Crippen molar-refractivity contribution in [2.45, 2.75) is 6.61 Å². The number of alkyl halides is 2. The highest BCUT2D eigenvalue weighted by Gasteiger charge is 2.22. The van der Waals surface area contributed by atoms with Crippen molar-refractivity contribution < 1.29 is 18.7 Å². The monoisotopic (exact) mass is 230 g/mol. The fourth-order valence-electron chi connectivity index (χ4n) is 1.17. The molecule has 1 aromatic rings. The van der Waals surface area contributed by atoms with Gasteiger partial charge >= 0.3 is 6.61 Å². The third kappa shape index (κ3) is 2.64. The number of hydroxylamine groups is 2. The van der Waals surface area contributed by atoms with Crippen LogP contribution in [-0.4, -0.2) is 18.9 Å². The van der Waals surface area contributed by atoms with Crippen LogP contribution >= 0.6 is 0 Å². The van der Waals surface area contributed by atoms with Crippen LogP contribution in [0.5, 0.6) is 5.75 Å². The zero-order valence-electron chi connectivity index (χ0n) is 8.22. The summed E-state index contributed by atoms with van der Waals surface area (Å²) in [5.41, 5.74) is -0.775. The number of nitriles is 1. The second-order valence-corrected chi connectivity index (χ2v) is 3.02. The van der Waals surface area contributed by atoms with Crippen molar-refractivity contribution >= 4 is 5.69 Å². The molecule has 0 heterocycles. The summed E-state index contributed by atoms with van der Waals surface area (Å²) in [6.07, 6.45) is 0. The lowest BCUT2D eigenvalue weighted by molar-refractivity contribution is -0.0507. The largest absolute Gasteiger partial charge is 0.593 e. The van der Waals surface area contributed by atoms with Gasteiger partial charge in [0.1, 0.15) is 18.9 Å². The van der Waals surface area contributed by atoms with E-state index in [2.05, 4.69) is 4.74 Å². The van der Waals surface area contributed by atoms with E-state index in [0.29, 0.717) is 0 Å². The molecule has 0 bridgehead atoms. The molecular formula is C9H8F2N2O3. The van der Waals surface area contributed by atoms with Crippen LogP contribution in [-0.2, 0) is 0 Å². The van der Waals surface area contributed by atoms with Crippen molar-refractivity contribution in [3.05, 3.63) is 29.0 Å². The van der Waals surface area contributed by atoms with E-state index in [1.807, 2.05) is 0 Å². The lowest BCUT2D eigenvalue weighted by Gasteiger charge is -2.28. The van der Waals surface area contributed by atoms with E-state index in [1.165, 1.54) is 6.07 Å². The maximum absolute atomic E-state index is 12.0. The van der Waals surface area contributed by atoms with Crippen LogP contribution in [0.2, 0.25) is 0 Å². The van der Waals surface area contributed by atoms with E-state index in [9.17, 15) is 14.0 Å². The molecule has 1 unspecified atom stereocenters. The van der Waals surface area contributed by atoms with Gasteiger partial charge in [0.25, 0.3) is 0 Å². The molecule has 0 aromatic heterocycles. The van der Waals surface area contributed by atoms with Crippen LogP contribution in [0, 0.1) is 16.5 Å². The molecular weight excluding hydrogens is 222 g/mol. The van der Waals surface area contributed by atoms with Crippen LogP contribution in [0.3, 0.4) is 0 Å². The predicted molar refractivity (Wildman–Crippen MR) is 50.7 cm³/mol. The zero-order chi connectivity index (χ0) is 12.3. The number of rotatable bonds is 3. The van der Waals surface area contributed by atoms with Gasteiger partial charge in [-0.1, -0.05) is 6.07 Å². The third-order valence-electron chi connectivity index (χ3n) is 1.78. The average Bonchev–Trinajstić information content (AvgIpc) is 2.15. The van der Waals surface area contributed by atoms with E-state index >= 15 is 0 Å². The quantitative estimate of drug-likeness (QED) is 0.636. The molecule has 0 amide bonds. The van der Waals surface area contributed by atoms with E-state index in [1.54, 1.807) is 6.07 Å². The highest BCUT2D eigenvalue weighted by Crippen LogP contribution is 2.31. The molecule has 0 fully saturated rings. The van der Waals surface area contributed by atoms with Gasteiger partial charge in [-0.3, -0.25) is 0 Å². The highest BCUT2D eigenvalue weighted by molar-refractivity contribution is 5.62. The van der Waals surface area contributed by atoms with Gasteiger partial charge in [-0.25, -0.2) is 5.21 Å². The van der Waals surface area contributed by atoms with Gasteiger partial charge in [-0.15, -0.1) is 0 Å². The first-order valence-electron chi connectivity index (χ1n) is 4.15. The zero-order valence-corrected chi connectivity index (χ0v) is 8.22. The van der Waals surface area contributed by atoms with Crippen LogP contribution in [0.15, 0.2) is 18.2 Å². The number of benzene rings is 1. The van der Waals surface area contributed by atoms with Crippen LogP contribution in [0.4, 0.5) is 14.5 Å². The Bertz CT molecular complexity index is 424. The van der Waals surface area contributed by atoms with Crippen molar-refractivity contribution in [2.24, 2.45) is 0 Å². The summed E-state index contributed by atoms with van der Waals surface area (Å²) in [6.45, 7) is -3.11. The van der Waals surface area contributed by atoms with Crippen LogP contribution in [0.25, 0.3) is 0 Å². The molecule has 1 atom stereocenters. The Hall–Kier alpha value is -1.75. The van der Waals surface area contributed by atoms with Gasteiger partial charge in [-0.05, 0) is 6.07 Å². The Labute approximate surface area is 89.8 Å². The van der Waals surface area contributed by atoms with E-state index in [-0.39, 0.29) is 5.69 Å². The minimum Gasteiger partial charge on any atom is -0.593 e. The summed E-state index contributed by atoms with van der Waals surface area (Å²) in [7, 11) is 0.850. The average molecular weight is 230 g/mol. The minimum atomic E-state index is -3.11. The molecule has 0 aliphatic carbocycles. The highest BCUT2D eigenvalue weighted by atomic mass is 19.3. The van der Waals surface area contributed by atoms with Gasteiger partial charge in [0, 0.05) is 6.07 Å². The first-order chi connectivity index (χ1) is 7.36. The van der Waals surface area contributed by atoms with Crippen molar-refractivity contribution in [3.8, 4) is 11.8 Å². The summed E-state index contributed by atoms with van der Waals surface area (Å²) in [4.78, 5) is -1.89. The molecule has 0 aliphatic heterocycles. The predicted octanol–water partition coefficient (Wildman–Crippen LogP) is 1.98. The first-order valence-corrected chi connectivity index (χ1v) is 4.15. The summed E-state index contributed by atoms with van der Waals surface area (Å²) < 4.78 is 28.0. The second-order valence-electron chi connectivity index (χ2n) is 3.02. The fourth-order valence-corrected chi connectivity index (χ4v) is 1.17. The molecule has 0 saturated carbocycles. The molecule has 1 rings (SSSR count). The Kier molecular flexibility index (Phi) is 3.39. The number of hydrogen-bond acceptors (Lipinski definition) is 4. The molecule has 0 saturated heterocycles. The van der Waals surface area contributed by atoms with Crippen molar-refractivity contribution in [2.75, 3.05) is 7.05 Å². The lowest BCUT2D eigenvalue weighted by Crippen LogP contribution is -2.34. The SMILES string of the molecule is C[N+]([O-])(O)c1cccc(OC(F)F)c1C#N. The molecule has 1 N–H and O–H groups in total. The summed E-state index contributed by atoms with van der Waals surface area (Å²) in [6, 6.07) is 5.05. The smallest absolute Gasteiger partial charge is 0.387 e. The Morgan fingerprint density at radius 3 is 2.62 bits per heavy atom. The third-order valence-corrected chi connectivity index (χ3v) is 1.78. The Morgan fingerprint density at radius 1 is 1.56 bits per heavy atom. The topological polar surface area (TPSA) is 76.3 Å². The number of quaternary nitrogens is 1. The van der Waals surface area contributed by atoms with Gasteiger partial charge in [0.15, 0.2) is 11.3 Å². The molecule has 86 valence electrons. The summed E-state index contributed by atoms with van der Waals surface area (Å²) in [5, 5.41) is 29.1. The second kappa shape index (κ2) is 4.40. The van der Waals surface area contributed by atoms with Gasteiger partial charge in [-0.2, -0.15) is 18.9 Å². The normalized spacial score (nSPS) is 14.3. The summed E-state index contributed by atoms with van der Waals surface area (Å²) in [5.74, 6) is -0.441.